The number of nitrogens with zero attached hydrogens (tertiary/aromatic N) is 4. The van der Waals surface area contributed by atoms with E-state index in [-0.39, 0.29) is 0 Å². The van der Waals surface area contributed by atoms with Gasteiger partial charge in [0.05, 0.1) is 11.9 Å². The van der Waals surface area contributed by atoms with Crippen LogP contribution < -0.4 is 5.32 Å². The van der Waals surface area contributed by atoms with Crippen LogP contribution in [0.25, 0.3) is 0 Å². The third kappa shape index (κ3) is 2.18. The second-order valence-corrected chi connectivity index (χ2v) is 4.73. The molecule has 2 heterocycles. The first-order valence-corrected chi connectivity index (χ1v) is 5.98. The quantitative estimate of drug-likeness (QED) is 0.870. The smallest absolute Gasteiger partial charge is 0.124 e. The van der Waals surface area contributed by atoms with Gasteiger partial charge in [0.25, 0.3) is 0 Å². The Morgan fingerprint density at radius 3 is 2.88 bits per heavy atom. The standard InChI is InChI=1S/C12H17N5/c1-16-8-9(7-14-16)6-13-12-5-11(10-3-4-10)15-17(12)2/h5,7-8,10,13H,3-4,6H2,1-2H3. The zero-order valence-corrected chi connectivity index (χ0v) is 10.2. The van der Waals surface area contributed by atoms with Crippen LogP contribution in [0.3, 0.4) is 0 Å². The first-order valence-electron chi connectivity index (χ1n) is 5.98. The van der Waals surface area contributed by atoms with E-state index in [1.165, 1.54) is 24.1 Å². The third-order valence-electron chi connectivity index (χ3n) is 3.13. The molecule has 0 atom stereocenters. The van der Waals surface area contributed by atoms with Gasteiger partial charge in [-0.25, -0.2) is 0 Å². The van der Waals surface area contributed by atoms with Gasteiger partial charge in [-0.1, -0.05) is 0 Å². The molecule has 1 saturated carbocycles. The highest BCUT2D eigenvalue weighted by molar-refractivity contribution is 5.39. The van der Waals surface area contributed by atoms with Crippen molar-refractivity contribution in [3.05, 3.63) is 29.7 Å². The van der Waals surface area contributed by atoms with Crippen LogP contribution in [0.1, 0.15) is 30.0 Å². The highest BCUT2D eigenvalue weighted by Gasteiger charge is 2.26. The number of hydrogen-bond acceptors (Lipinski definition) is 3. The molecule has 1 aliphatic rings. The SMILES string of the molecule is Cn1cc(CNc2cc(C3CC3)nn2C)cn1. The molecule has 1 N–H and O–H groups in total. The molecule has 90 valence electrons. The Balaban J connectivity index is 1.68. The van der Waals surface area contributed by atoms with E-state index < -0.39 is 0 Å². The van der Waals surface area contributed by atoms with Gasteiger partial charge in [0.2, 0.25) is 0 Å². The monoisotopic (exact) mass is 231 g/mol. The van der Waals surface area contributed by atoms with Crippen molar-refractivity contribution in [1.82, 2.24) is 19.6 Å². The fraction of sp³-hybridized carbons (Fsp3) is 0.500. The van der Waals surface area contributed by atoms with Gasteiger partial charge in [0.15, 0.2) is 0 Å². The lowest BCUT2D eigenvalue weighted by atomic mass is 10.3. The van der Waals surface area contributed by atoms with Crippen LogP contribution in [0.4, 0.5) is 5.82 Å². The fourth-order valence-electron chi connectivity index (χ4n) is 1.99. The molecule has 0 spiro atoms. The van der Waals surface area contributed by atoms with E-state index in [9.17, 15) is 0 Å². The van der Waals surface area contributed by atoms with Crippen molar-refractivity contribution in [3.63, 3.8) is 0 Å². The zero-order valence-electron chi connectivity index (χ0n) is 10.2. The molecule has 1 aliphatic carbocycles. The molecule has 0 aliphatic heterocycles. The molecule has 5 heteroatoms. The summed E-state index contributed by atoms with van der Waals surface area (Å²) in [7, 11) is 3.91. The normalized spacial score (nSPS) is 15.2. The summed E-state index contributed by atoms with van der Waals surface area (Å²) in [4.78, 5) is 0. The Bertz CT molecular complexity index is 521. The lowest BCUT2D eigenvalue weighted by Gasteiger charge is -2.03. The second kappa shape index (κ2) is 3.91. The van der Waals surface area contributed by atoms with Crippen LogP contribution in [0.5, 0.6) is 0 Å². The molecule has 0 amide bonds. The van der Waals surface area contributed by atoms with Crippen LogP contribution in [-0.4, -0.2) is 19.6 Å². The fourth-order valence-corrected chi connectivity index (χ4v) is 1.99. The van der Waals surface area contributed by atoms with E-state index in [0.717, 1.165) is 12.4 Å². The van der Waals surface area contributed by atoms with Crippen molar-refractivity contribution in [2.24, 2.45) is 14.1 Å². The molecule has 0 radical (unpaired) electrons. The van der Waals surface area contributed by atoms with Crippen molar-refractivity contribution in [3.8, 4) is 0 Å². The Hall–Kier alpha value is -1.78. The molecular weight excluding hydrogens is 214 g/mol. The van der Waals surface area contributed by atoms with Crippen molar-refractivity contribution < 1.29 is 0 Å². The molecule has 1 fully saturated rings. The summed E-state index contributed by atoms with van der Waals surface area (Å²) in [6.07, 6.45) is 6.48. The van der Waals surface area contributed by atoms with E-state index in [1.807, 2.05) is 35.9 Å². The Kier molecular flexibility index (Phi) is 2.39. The van der Waals surface area contributed by atoms with E-state index in [0.29, 0.717) is 5.92 Å². The molecular formula is C12H17N5. The number of nitrogens with one attached hydrogen (secondary N) is 1. The van der Waals surface area contributed by atoms with Crippen LogP contribution >= 0.6 is 0 Å². The van der Waals surface area contributed by atoms with E-state index >= 15 is 0 Å². The summed E-state index contributed by atoms with van der Waals surface area (Å²) in [5, 5.41) is 12.1. The molecule has 2 aromatic rings. The predicted octanol–water partition coefficient (Wildman–Crippen LogP) is 1.64. The maximum absolute atomic E-state index is 4.52. The number of rotatable bonds is 4. The summed E-state index contributed by atoms with van der Waals surface area (Å²) in [6, 6.07) is 2.16. The molecule has 17 heavy (non-hydrogen) atoms. The average Bonchev–Trinajstić information content (AvgIpc) is 2.97. The minimum Gasteiger partial charge on any atom is -0.366 e. The summed E-state index contributed by atoms with van der Waals surface area (Å²) in [5.41, 5.74) is 2.41. The number of aromatic nitrogens is 4. The van der Waals surface area contributed by atoms with Crippen LogP contribution in [0.15, 0.2) is 18.5 Å². The molecule has 0 saturated heterocycles. The minimum atomic E-state index is 0.704. The van der Waals surface area contributed by atoms with E-state index in [1.54, 1.807) is 0 Å². The van der Waals surface area contributed by atoms with Gasteiger partial charge in [-0.05, 0) is 12.8 Å². The highest BCUT2D eigenvalue weighted by atomic mass is 15.3. The third-order valence-corrected chi connectivity index (χ3v) is 3.13. The molecule has 2 aromatic heterocycles. The highest BCUT2D eigenvalue weighted by Crippen LogP contribution is 2.39. The number of anilines is 1. The molecule has 0 aromatic carbocycles. The van der Waals surface area contributed by atoms with Crippen molar-refractivity contribution in [1.29, 1.82) is 0 Å². The summed E-state index contributed by atoms with van der Waals surface area (Å²) < 4.78 is 3.74. The van der Waals surface area contributed by atoms with Gasteiger partial charge in [0.1, 0.15) is 5.82 Å². The molecule has 5 nitrogen and oxygen atoms in total. The van der Waals surface area contributed by atoms with Gasteiger partial charge in [-0.2, -0.15) is 10.2 Å². The predicted molar refractivity (Wildman–Crippen MR) is 65.7 cm³/mol. The summed E-state index contributed by atoms with van der Waals surface area (Å²) in [6.45, 7) is 0.789. The maximum Gasteiger partial charge on any atom is 0.124 e. The maximum atomic E-state index is 4.52. The lowest BCUT2D eigenvalue weighted by molar-refractivity contribution is 0.745. The summed E-state index contributed by atoms with van der Waals surface area (Å²) in [5.74, 6) is 1.78. The Morgan fingerprint density at radius 2 is 2.24 bits per heavy atom. The van der Waals surface area contributed by atoms with Crippen molar-refractivity contribution >= 4 is 5.82 Å². The minimum absolute atomic E-state index is 0.704. The Labute approximate surface area is 100 Å². The average molecular weight is 231 g/mol. The first-order chi connectivity index (χ1) is 8.22. The zero-order chi connectivity index (χ0) is 11.8. The molecule has 3 rings (SSSR count). The van der Waals surface area contributed by atoms with Gasteiger partial charge < -0.3 is 5.32 Å². The van der Waals surface area contributed by atoms with Crippen molar-refractivity contribution in [2.75, 3.05) is 5.32 Å². The number of aryl methyl sites for hydroxylation is 2. The van der Waals surface area contributed by atoms with Crippen molar-refractivity contribution in [2.45, 2.75) is 25.3 Å². The molecule has 0 bridgehead atoms. The van der Waals surface area contributed by atoms with Gasteiger partial charge >= 0.3 is 0 Å². The molecule has 0 unspecified atom stereocenters. The topological polar surface area (TPSA) is 47.7 Å². The van der Waals surface area contributed by atoms with Crippen LogP contribution in [0.2, 0.25) is 0 Å². The van der Waals surface area contributed by atoms with E-state index in [4.69, 9.17) is 0 Å². The first kappa shape index (κ1) is 10.4. The van der Waals surface area contributed by atoms with Gasteiger partial charge in [-0.15, -0.1) is 0 Å². The van der Waals surface area contributed by atoms with Crippen LogP contribution in [-0.2, 0) is 20.6 Å². The van der Waals surface area contributed by atoms with Gasteiger partial charge in [-0.3, -0.25) is 9.36 Å². The summed E-state index contributed by atoms with van der Waals surface area (Å²) >= 11 is 0. The second-order valence-electron chi connectivity index (χ2n) is 4.73. The number of hydrogen-bond donors (Lipinski definition) is 1. The van der Waals surface area contributed by atoms with Gasteiger partial charge in [0, 0.05) is 44.4 Å². The Morgan fingerprint density at radius 1 is 1.41 bits per heavy atom. The largest absolute Gasteiger partial charge is 0.366 e. The van der Waals surface area contributed by atoms with E-state index in [2.05, 4.69) is 21.6 Å². The lowest BCUT2D eigenvalue weighted by Crippen LogP contribution is -2.03. The van der Waals surface area contributed by atoms with Crippen LogP contribution in [0, 0.1) is 0 Å².